The maximum absolute atomic E-state index is 12.4. The summed E-state index contributed by atoms with van der Waals surface area (Å²) in [5.74, 6) is 1.14. The zero-order valence-electron chi connectivity index (χ0n) is 12.4. The summed E-state index contributed by atoms with van der Waals surface area (Å²) in [5, 5.41) is 4.05. The van der Waals surface area contributed by atoms with E-state index in [4.69, 9.17) is 5.73 Å². The van der Waals surface area contributed by atoms with E-state index in [0.29, 0.717) is 18.2 Å². The molecule has 5 nitrogen and oxygen atoms in total. The Hall–Kier alpha value is -1.95. The lowest BCUT2D eigenvalue weighted by atomic mass is 9.93. The van der Waals surface area contributed by atoms with Crippen LogP contribution in [0.25, 0.3) is 0 Å². The van der Waals surface area contributed by atoms with E-state index in [0.717, 1.165) is 43.6 Å². The second-order valence-electron chi connectivity index (χ2n) is 5.75. The molecule has 0 spiro atoms. The fourth-order valence-corrected chi connectivity index (χ4v) is 3.61. The minimum absolute atomic E-state index is 0.218. The van der Waals surface area contributed by atoms with Crippen molar-refractivity contribution in [2.45, 2.75) is 25.7 Å². The van der Waals surface area contributed by atoms with Gasteiger partial charge in [-0.15, -0.1) is 0 Å². The second-order valence-corrected chi connectivity index (χ2v) is 6.53. The molecule has 1 saturated heterocycles. The molecule has 2 aromatic heterocycles. The number of amides is 1. The van der Waals surface area contributed by atoms with Crippen LogP contribution in [0.2, 0.25) is 0 Å². The van der Waals surface area contributed by atoms with Crippen LogP contribution >= 0.6 is 11.3 Å². The van der Waals surface area contributed by atoms with Crippen molar-refractivity contribution in [2.75, 3.05) is 18.8 Å². The van der Waals surface area contributed by atoms with Crippen molar-refractivity contribution < 1.29 is 4.79 Å². The molecule has 1 atom stereocenters. The van der Waals surface area contributed by atoms with E-state index >= 15 is 0 Å². The highest BCUT2D eigenvalue weighted by Crippen LogP contribution is 2.22. The number of carbonyl (C=O) groups excluding carboxylic acids is 1. The number of nitrogens with zero attached hydrogens (tertiary/aromatic N) is 3. The molecule has 3 rings (SSSR count). The number of aromatic nitrogens is 2. The van der Waals surface area contributed by atoms with Gasteiger partial charge in [-0.05, 0) is 47.6 Å². The predicted molar refractivity (Wildman–Crippen MR) is 87.5 cm³/mol. The molecule has 2 N–H and O–H groups in total. The number of piperidine rings is 1. The summed E-state index contributed by atoms with van der Waals surface area (Å²) in [6.45, 7) is 1.65. The molecule has 1 unspecified atom stereocenters. The van der Waals surface area contributed by atoms with Crippen molar-refractivity contribution in [2.24, 2.45) is 5.92 Å². The third-order valence-corrected chi connectivity index (χ3v) is 4.83. The molecule has 0 aliphatic carbocycles. The van der Waals surface area contributed by atoms with Gasteiger partial charge in [0.2, 0.25) is 5.91 Å². The van der Waals surface area contributed by atoms with Gasteiger partial charge in [-0.1, -0.05) is 0 Å². The number of nitrogens with two attached hydrogens (primary N) is 1. The fourth-order valence-electron chi connectivity index (χ4n) is 2.95. The van der Waals surface area contributed by atoms with E-state index < -0.39 is 0 Å². The first-order valence-corrected chi connectivity index (χ1v) is 8.51. The fraction of sp³-hybridized carbons (Fsp3) is 0.438. The third-order valence-electron chi connectivity index (χ3n) is 4.10. The first-order chi connectivity index (χ1) is 10.7. The van der Waals surface area contributed by atoms with Crippen LogP contribution in [-0.4, -0.2) is 33.9 Å². The summed E-state index contributed by atoms with van der Waals surface area (Å²) in [4.78, 5) is 22.8. The van der Waals surface area contributed by atoms with Crippen LogP contribution in [0.5, 0.6) is 0 Å². The summed E-state index contributed by atoms with van der Waals surface area (Å²) < 4.78 is 0. The number of thiophene rings is 1. The van der Waals surface area contributed by atoms with Crippen LogP contribution in [-0.2, 0) is 17.6 Å². The van der Waals surface area contributed by atoms with Gasteiger partial charge in [0.1, 0.15) is 5.82 Å². The number of hydrogen-bond acceptors (Lipinski definition) is 5. The number of nitrogen functional groups attached to an aromatic ring is 1. The first-order valence-electron chi connectivity index (χ1n) is 7.56. The zero-order valence-corrected chi connectivity index (χ0v) is 13.3. The molecule has 6 heteroatoms. The molecule has 1 amide bonds. The third kappa shape index (κ3) is 3.62. The number of rotatable bonds is 4. The largest absolute Gasteiger partial charge is 0.382 e. The van der Waals surface area contributed by atoms with Crippen molar-refractivity contribution in [3.63, 3.8) is 0 Å². The number of likely N-dealkylation sites (tertiary alicyclic amines) is 1. The average Bonchev–Trinajstić information content (AvgIpc) is 3.03. The summed E-state index contributed by atoms with van der Waals surface area (Å²) in [6, 6.07) is 2.02. The van der Waals surface area contributed by atoms with Gasteiger partial charge in [-0.25, -0.2) is 4.98 Å². The topological polar surface area (TPSA) is 72.1 Å². The van der Waals surface area contributed by atoms with Gasteiger partial charge in [0.05, 0.1) is 12.1 Å². The van der Waals surface area contributed by atoms with Gasteiger partial charge in [-0.3, -0.25) is 9.78 Å². The summed E-state index contributed by atoms with van der Waals surface area (Å²) in [7, 11) is 0. The van der Waals surface area contributed by atoms with Crippen molar-refractivity contribution in [3.05, 3.63) is 40.5 Å². The highest BCUT2D eigenvalue weighted by atomic mass is 32.1. The Morgan fingerprint density at radius 2 is 2.27 bits per heavy atom. The highest BCUT2D eigenvalue weighted by molar-refractivity contribution is 7.07. The zero-order chi connectivity index (χ0) is 15.4. The number of carbonyl (C=O) groups is 1. The molecule has 22 heavy (non-hydrogen) atoms. The van der Waals surface area contributed by atoms with Crippen LogP contribution in [0.3, 0.4) is 0 Å². The van der Waals surface area contributed by atoms with Crippen molar-refractivity contribution >= 4 is 23.1 Å². The van der Waals surface area contributed by atoms with Gasteiger partial charge in [0, 0.05) is 25.5 Å². The van der Waals surface area contributed by atoms with Gasteiger partial charge in [-0.2, -0.15) is 11.3 Å². The maximum atomic E-state index is 12.4. The number of anilines is 1. The van der Waals surface area contributed by atoms with Crippen LogP contribution in [0.15, 0.2) is 29.2 Å². The smallest absolute Gasteiger partial charge is 0.227 e. The van der Waals surface area contributed by atoms with Gasteiger partial charge >= 0.3 is 0 Å². The minimum Gasteiger partial charge on any atom is -0.382 e. The molecular weight excluding hydrogens is 296 g/mol. The lowest BCUT2D eigenvalue weighted by molar-refractivity contribution is -0.132. The molecule has 3 heterocycles. The first kappa shape index (κ1) is 15.0. The van der Waals surface area contributed by atoms with E-state index in [2.05, 4.69) is 9.97 Å². The van der Waals surface area contributed by atoms with Crippen LogP contribution in [0.1, 0.15) is 24.1 Å². The van der Waals surface area contributed by atoms with Crippen LogP contribution in [0.4, 0.5) is 5.82 Å². The van der Waals surface area contributed by atoms with Gasteiger partial charge < -0.3 is 10.6 Å². The lowest BCUT2D eigenvalue weighted by Gasteiger charge is -2.32. The normalized spacial score (nSPS) is 18.4. The Bertz CT molecular complexity index is 629. The van der Waals surface area contributed by atoms with E-state index in [1.54, 1.807) is 23.7 Å². The molecule has 1 aliphatic rings. The molecule has 0 aromatic carbocycles. The molecule has 0 bridgehead atoms. The molecule has 1 fully saturated rings. The van der Waals surface area contributed by atoms with E-state index in [-0.39, 0.29) is 5.91 Å². The minimum atomic E-state index is 0.218. The highest BCUT2D eigenvalue weighted by Gasteiger charge is 2.24. The Morgan fingerprint density at radius 1 is 1.41 bits per heavy atom. The molecule has 1 aliphatic heterocycles. The molecule has 116 valence electrons. The monoisotopic (exact) mass is 316 g/mol. The van der Waals surface area contributed by atoms with Crippen LogP contribution < -0.4 is 5.73 Å². The summed E-state index contributed by atoms with van der Waals surface area (Å²) in [5.41, 5.74) is 7.82. The molecule has 0 radical (unpaired) electrons. The SMILES string of the molecule is Nc1nccnc1CC1CCCN(C(=O)Cc2ccsc2)C1. The van der Waals surface area contributed by atoms with Crippen molar-refractivity contribution in [1.82, 2.24) is 14.9 Å². The second kappa shape index (κ2) is 6.87. The van der Waals surface area contributed by atoms with E-state index in [9.17, 15) is 4.79 Å². The average molecular weight is 316 g/mol. The molecule has 2 aromatic rings. The molecular formula is C16H20N4OS. The Kier molecular flexibility index (Phi) is 4.68. The summed E-state index contributed by atoms with van der Waals surface area (Å²) in [6.07, 6.45) is 6.73. The number of hydrogen-bond donors (Lipinski definition) is 1. The standard InChI is InChI=1S/C16H20N4OS/c17-16-14(18-4-5-19-16)8-12-2-1-6-20(10-12)15(21)9-13-3-7-22-11-13/h3-5,7,11-12H,1-2,6,8-10H2,(H2,17,19). The van der Waals surface area contributed by atoms with Gasteiger partial charge in [0.15, 0.2) is 0 Å². The summed E-state index contributed by atoms with van der Waals surface area (Å²) >= 11 is 1.63. The Balaban J connectivity index is 1.59. The Labute approximate surface area is 134 Å². The maximum Gasteiger partial charge on any atom is 0.227 e. The quantitative estimate of drug-likeness (QED) is 0.938. The van der Waals surface area contributed by atoms with E-state index in [1.165, 1.54) is 0 Å². The van der Waals surface area contributed by atoms with Crippen molar-refractivity contribution in [3.8, 4) is 0 Å². The van der Waals surface area contributed by atoms with Crippen LogP contribution in [0, 0.1) is 5.92 Å². The Morgan fingerprint density at radius 3 is 3.05 bits per heavy atom. The predicted octanol–water partition coefficient (Wildman–Crippen LogP) is 2.14. The van der Waals surface area contributed by atoms with Crippen molar-refractivity contribution in [1.29, 1.82) is 0 Å². The lowest BCUT2D eigenvalue weighted by Crippen LogP contribution is -2.41. The molecule has 0 saturated carbocycles. The van der Waals surface area contributed by atoms with Gasteiger partial charge in [0.25, 0.3) is 0 Å². The van der Waals surface area contributed by atoms with E-state index in [1.807, 2.05) is 21.7 Å².